The molecule has 158 valence electrons. The third-order valence-electron chi connectivity index (χ3n) is 5.67. The van der Waals surface area contributed by atoms with Gasteiger partial charge in [-0.1, -0.05) is 6.92 Å². The van der Waals surface area contributed by atoms with Gasteiger partial charge in [0.1, 0.15) is 5.82 Å². The van der Waals surface area contributed by atoms with Crippen LogP contribution < -0.4 is 10.6 Å². The molecule has 2 N–H and O–H groups in total. The minimum Gasteiger partial charge on any atom is -0.382 e. The number of nitrogens with one attached hydrogen (secondary N) is 2. The van der Waals surface area contributed by atoms with Crippen molar-refractivity contribution < 1.29 is 9.18 Å². The van der Waals surface area contributed by atoms with Gasteiger partial charge in [0.25, 0.3) is 5.91 Å². The molecule has 4 rings (SSSR count). The van der Waals surface area contributed by atoms with E-state index in [1.807, 2.05) is 26.0 Å². The number of nitrogens with zero attached hydrogens (tertiary/aromatic N) is 3. The monoisotopic (exact) mass is 409 g/mol. The Kier molecular flexibility index (Phi) is 5.70. The van der Waals surface area contributed by atoms with E-state index < -0.39 is 0 Å². The van der Waals surface area contributed by atoms with Crippen LogP contribution in [0, 0.1) is 11.7 Å². The number of fused-ring (bicyclic) bond motifs is 1. The van der Waals surface area contributed by atoms with E-state index in [0.29, 0.717) is 16.8 Å². The molecule has 3 aromatic heterocycles. The van der Waals surface area contributed by atoms with E-state index >= 15 is 0 Å². The van der Waals surface area contributed by atoms with Gasteiger partial charge in [-0.15, -0.1) is 0 Å². The number of amides is 1. The molecular weight excluding hydrogens is 381 g/mol. The van der Waals surface area contributed by atoms with Crippen LogP contribution in [0.3, 0.4) is 0 Å². The lowest BCUT2D eigenvalue weighted by Crippen LogP contribution is -2.37. The van der Waals surface area contributed by atoms with Crippen molar-refractivity contribution in [1.29, 1.82) is 0 Å². The van der Waals surface area contributed by atoms with E-state index in [-0.39, 0.29) is 23.8 Å². The summed E-state index contributed by atoms with van der Waals surface area (Å²) < 4.78 is 15.1. The second kappa shape index (κ2) is 8.42. The molecule has 0 spiro atoms. The number of pyridine rings is 1. The van der Waals surface area contributed by atoms with E-state index in [2.05, 4.69) is 27.6 Å². The first-order chi connectivity index (χ1) is 14.4. The van der Waals surface area contributed by atoms with Crippen molar-refractivity contribution in [1.82, 2.24) is 19.9 Å². The van der Waals surface area contributed by atoms with Crippen molar-refractivity contribution in [3.05, 3.63) is 48.0 Å². The minimum absolute atomic E-state index is 0.100. The quantitative estimate of drug-likeness (QED) is 0.643. The van der Waals surface area contributed by atoms with Crippen LogP contribution in [0.2, 0.25) is 0 Å². The van der Waals surface area contributed by atoms with Crippen molar-refractivity contribution >= 4 is 17.1 Å². The molecule has 0 aromatic carbocycles. The summed E-state index contributed by atoms with van der Waals surface area (Å²) in [5.41, 5.74) is 3.32. The number of rotatable bonds is 5. The Hall–Kier alpha value is -2.96. The van der Waals surface area contributed by atoms with Crippen molar-refractivity contribution in [3.8, 4) is 11.4 Å². The Bertz CT molecular complexity index is 1050. The maximum Gasteiger partial charge on any atom is 0.255 e. The fraction of sp³-hybridized carbons (Fsp3) is 0.435. The predicted octanol–water partition coefficient (Wildman–Crippen LogP) is 4.66. The summed E-state index contributed by atoms with van der Waals surface area (Å²) in [7, 11) is 0. The average Bonchev–Trinajstić information content (AvgIpc) is 3.12. The Labute approximate surface area is 175 Å². The van der Waals surface area contributed by atoms with Crippen molar-refractivity contribution in [2.75, 3.05) is 5.32 Å². The van der Waals surface area contributed by atoms with Crippen LogP contribution in [-0.4, -0.2) is 32.6 Å². The fourth-order valence-electron chi connectivity index (χ4n) is 4.04. The van der Waals surface area contributed by atoms with Crippen LogP contribution in [-0.2, 0) is 0 Å². The van der Waals surface area contributed by atoms with Crippen LogP contribution >= 0.6 is 0 Å². The van der Waals surface area contributed by atoms with Gasteiger partial charge in [-0.25, -0.2) is 8.91 Å². The molecule has 1 aliphatic rings. The number of aromatic nitrogens is 3. The summed E-state index contributed by atoms with van der Waals surface area (Å²) in [4.78, 5) is 17.5. The van der Waals surface area contributed by atoms with Gasteiger partial charge in [-0.2, -0.15) is 5.10 Å². The van der Waals surface area contributed by atoms with Crippen LogP contribution in [0.4, 0.5) is 10.1 Å². The molecule has 1 amide bonds. The normalized spacial score (nSPS) is 19.2. The van der Waals surface area contributed by atoms with Crippen LogP contribution in [0.1, 0.15) is 56.8 Å². The maximum absolute atomic E-state index is 13.5. The topological polar surface area (TPSA) is 71.3 Å². The molecule has 0 bridgehead atoms. The molecule has 0 atom stereocenters. The van der Waals surface area contributed by atoms with Gasteiger partial charge in [0.05, 0.1) is 34.4 Å². The number of carbonyl (C=O) groups excluding carboxylic acids is 1. The fourth-order valence-corrected chi connectivity index (χ4v) is 4.04. The van der Waals surface area contributed by atoms with Gasteiger partial charge in [-0.05, 0) is 63.6 Å². The molecule has 6 nitrogen and oxygen atoms in total. The highest BCUT2D eigenvalue weighted by atomic mass is 19.1. The summed E-state index contributed by atoms with van der Waals surface area (Å²) in [5, 5.41) is 10.7. The molecule has 1 fully saturated rings. The van der Waals surface area contributed by atoms with E-state index in [1.165, 1.54) is 12.3 Å². The van der Waals surface area contributed by atoms with E-state index in [9.17, 15) is 9.18 Å². The Morgan fingerprint density at radius 2 is 1.93 bits per heavy atom. The Morgan fingerprint density at radius 3 is 2.67 bits per heavy atom. The predicted molar refractivity (Wildman–Crippen MR) is 116 cm³/mol. The summed E-state index contributed by atoms with van der Waals surface area (Å²) in [5.74, 6) is 0.250. The zero-order chi connectivity index (χ0) is 21.3. The number of halogens is 1. The molecule has 30 heavy (non-hydrogen) atoms. The van der Waals surface area contributed by atoms with Crippen molar-refractivity contribution in [3.63, 3.8) is 0 Å². The lowest BCUT2D eigenvalue weighted by molar-refractivity contribution is 0.0923. The zero-order valence-electron chi connectivity index (χ0n) is 17.7. The smallest absolute Gasteiger partial charge is 0.255 e. The van der Waals surface area contributed by atoms with E-state index in [0.717, 1.165) is 43.0 Å². The molecule has 0 unspecified atom stereocenters. The first-order valence-electron chi connectivity index (χ1n) is 10.6. The SMILES string of the molecule is CC1CCC(NC(=O)c2cnc(-c3ccc4cc(F)cnn34)cc2NC(C)C)CC1. The van der Waals surface area contributed by atoms with Gasteiger partial charge in [0.2, 0.25) is 0 Å². The number of anilines is 1. The number of hydrogen-bond donors (Lipinski definition) is 2. The van der Waals surface area contributed by atoms with Crippen molar-refractivity contribution in [2.24, 2.45) is 5.92 Å². The highest BCUT2D eigenvalue weighted by Crippen LogP contribution is 2.27. The summed E-state index contributed by atoms with van der Waals surface area (Å²) in [6.45, 7) is 6.32. The summed E-state index contributed by atoms with van der Waals surface area (Å²) in [6, 6.07) is 7.31. The molecule has 3 aromatic rings. The average molecular weight is 410 g/mol. The molecule has 0 saturated heterocycles. The maximum atomic E-state index is 13.5. The van der Waals surface area contributed by atoms with E-state index in [4.69, 9.17) is 0 Å². The third kappa shape index (κ3) is 4.30. The molecular formula is C23H28FN5O. The van der Waals surface area contributed by atoms with Crippen LogP contribution in [0.25, 0.3) is 16.9 Å². The largest absolute Gasteiger partial charge is 0.382 e. The van der Waals surface area contributed by atoms with Crippen LogP contribution in [0.5, 0.6) is 0 Å². The Balaban J connectivity index is 1.64. The van der Waals surface area contributed by atoms with Gasteiger partial charge in [0.15, 0.2) is 0 Å². The molecule has 1 saturated carbocycles. The van der Waals surface area contributed by atoms with Gasteiger partial charge in [0, 0.05) is 24.3 Å². The van der Waals surface area contributed by atoms with Crippen molar-refractivity contribution in [2.45, 2.75) is 58.5 Å². The molecule has 3 heterocycles. The molecule has 1 aliphatic carbocycles. The zero-order valence-corrected chi connectivity index (χ0v) is 17.7. The summed E-state index contributed by atoms with van der Waals surface area (Å²) in [6.07, 6.45) is 7.12. The van der Waals surface area contributed by atoms with E-state index in [1.54, 1.807) is 16.8 Å². The molecule has 7 heteroatoms. The van der Waals surface area contributed by atoms with Crippen LogP contribution in [0.15, 0.2) is 36.7 Å². The second-order valence-corrected chi connectivity index (χ2v) is 8.57. The first kappa shape index (κ1) is 20.3. The highest BCUT2D eigenvalue weighted by molar-refractivity contribution is 6.00. The molecule has 0 aliphatic heterocycles. The third-order valence-corrected chi connectivity index (χ3v) is 5.67. The lowest BCUT2D eigenvalue weighted by Gasteiger charge is -2.27. The number of carbonyl (C=O) groups is 1. The highest BCUT2D eigenvalue weighted by Gasteiger charge is 2.22. The second-order valence-electron chi connectivity index (χ2n) is 8.57. The number of hydrogen-bond acceptors (Lipinski definition) is 4. The van der Waals surface area contributed by atoms with Gasteiger partial charge >= 0.3 is 0 Å². The summed E-state index contributed by atoms with van der Waals surface area (Å²) >= 11 is 0. The Morgan fingerprint density at radius 1 is 1.17 bits per heavy atom. The standard InChI is InChI=1S/C23H28FN5O/c1-14(2)27-20-11-21(22-9-8-18-10-16(24)12-26-29(18)22)25-13-19(20)23(30)28-17-6-4-15(3)5-7-17/h8-15,17H,4-7H2,1-3H3,(H,25,27)(H,28,30). The first-order valence-corrected chi connectivity index (χ1v) is 10.6. The molecule has 0 radical (unpaired) electrons. The minimum atomic E-state index is -0.383. The van der Waals surface area contributed by atoms with Gasteiger partial charge in [-0.3, -0.25) is 9.78 Å². The lowest BCUT2D eigenvalue weighted by atomic mass is 9.87. The van der Waals surface area contributed by atoms with Gasteiger partial charge < -0.3 is 10.6 Å².